The maximum Gasteiger partial charge on any atom is 0.414 e. The van der Waals surface area contributed by atoms with Crippen LogP contribution >= 0.6 is 11.6 Å². The highest BCUT2D eigenvalue weighted by atomic mass is 35.5. The van der Waals surface area contributed by atoms with Crippen LogP contribution in [0.3, 0.4) is 0 Å². The van der Waals surface area contributed by atoms with Crippen molar-refractivity contribution in [1.82, 2.24) is 0 Å². The lowest BCUT2D eigenvalue weighted by Crippen LogP contribution is -2.36. The lowest BCUT2D eigenvalue weighted by Gasteiger charge is -2.25. The van der Waals surface area contributed by atoms with E-state index >= 15 is 0 Å². The second kappa shape index (κ2) is 8.72. The Morgan fingerprint density at radius 1 is 1.16 bits per heavy atom. The van der Waals surface area contributed by atoms with Crippen molar-refractivity contribution in [3.05, 3.63) is 71.3 Å². The molecular formula is C26H25ClN2O3. The molecule has 1 atom stereocenters. The Balaban J connectivity index is 1.83. The summed E-state index contributed by atoms with van der Waals surface area (Å²) >= 11 is 6.32. The topological polar surface area (TPSA) is 62.6 Å². The number of nitrogens with zero attached hydrogens (tertiary/aromatic N) is 2. The van der Waals surface area contributed by atoms with Crippen molar-refractivity contribution in [2.45, 2.75) is 38.9 Å². The van der Waals surface area contributed by atoms with Gasteiger partial charge in [0.05, 0.1) is 17.3 Å². The number of benzene rings is 3. The van der Waals surface area contributed by atoms with Crippen LogP contribution in [0.25, 0.3) is 10.8 Å². The number of fused-ring (bicyclic) bond motifs is 3. The average Bonchev–Trinajstić information content (AvgIpc) is 3.15. The van der Waals surface area contributed by atoms with Gasteiger partial charge in [0.1, 0.15) is 18.0 Å². The number of halogens is 1. The van der Waals surface area contributed by atoms with Crippen molar-refractivity contribution < 1.29 is 14.3 Å². The fraction of sp³-hybridized carbons (Fsp3) is 0.308. The van der Waals surface area contributed by atoms with Crippen LogP contribution in [0.4, 0.5) is 10.5 Å². The van der Waals surface area contributed by atoms with Crippen LogP contribution < -0.4 is 9.64 Å². The molecular weight excluding hydrogens is 424 g/mol. The first-order valence-electron chi connectivity index (χ1n) is 10.5. The van der Waals surface area contributed by atoms with Gasteiger partial charge < -0.3 is 9.47 Å². The van der Waals surface area contributed by atoms with Gasteiger partial charge in [0.2, 0.25) is 0 Å². The number of carbonyl (C=O) groups is 1. The van der Waals surface area contributed by atoms with E-state index in [1.165, 1.54) is 0 Å². The van der Waals surface area contributed by atoms with Crippen molar-refractivity contribution in [1.29, 1.82) is 5.26 Å². The molecule has 164 valence electrons. The summed E-state index contributed by atoms with van der Waals surface area (Å²) in [7, 11) is 0. The van der Waals surface area contributed by atoms with E-state index in [-0.39, 0.29) is 5.92 Å². The molecule has 32 heavy (non-hydrogen) atoms. The van der Waals surface area contributed by atoms with E-state index < -0.39 is 11.7 Å². The Kier molecular flexibility index (Phi) is 5.99. The van der Waals surface area contributed by atoms with Crippen LogP contribution in [0, 0.1) is 11.3 Å². The molecule has 3 aromatic rings. The molecule has 0 aromatic heterocycles. The molecule has 0 fully saturated rings. The Labute approximate surface area is 193 Å². The van der Waals surface area contributed by atoms with Crippen LogP contribution in [0.15, 0.2) is 54.6 Å². The number of amides is 1. The summed E-state index contributed by atoms with van der Waals surface area (Å²) in [5, 5.41) is 11.2. The van der Waals surface area contributed by atoms with E-state index in [9.17, 15) is 10.1 Å². The molecule has 1 amide bonds. The summed E-state index contributed by atoms with van der Waals surface area (Å²) in [6, 6.07) is 19.5. The second-order valence-corrected chi connectivity index (χ2v) is 9.20. The Morgan fingerprint density at radius 3 is 2.56 bits per heavy atom. The van der Waals surface area contributed by atoms with E-state index in [0.29, 0.717) is 30.3 Å². The third kappa shape index (κ3) is 4.37. The van der Waals surface area contributed by atoms with Gasteiger partial charge in [0.25, 0.3) is 0 Å². The van der Waals surface area contributed by atoms with Gasteiger partial charge >= 0.3 is 6.09 Å². The number of rotatable bonds is 4. The molecule has 0 spiro atoms. The van der Waals surface area contributed by atoms with E-state index in [2.05, 4.69) is 6.07 Å². The minimum absolute atomic E-state index is 0.0706. The molecule has 0 radical (unpaired) electrons. The van der Waals surface area contributed by atoms with Gasteiger partial charge in [-0.15, -0.1) is 11.6 Å². The standard InChI is InChI=1S/C26H25ClN2O3/c1-26(2,3)32-25(30)29-15-19(13-27)24-21-11-18(14-28)9-10-20(21)23(12-22(24)29)31-16-17-7-5-4-6-8-17/h4-12,19H,13,15-16H2,1-3H3/t19-/m1/s1. The number of carbonyl (C=O) groups excluding carboxylic acids is 1. The summed E-state index contributed by atoms with van der Waals surface area (Å²) in [5.41, 5.74) is 2.63. The smallest absolute Gasteiger partial charge is 0.414 e. The fourth-order valence-electron chi connectivity index (χ4n) is 4.00. The first-order valence-corrected chi connectivity index (χ1v) is 11.1. The minimum Gasteiger partial charge on any atom is -0.488 e. The van der Waals surface area contributed by atoms with Gasteiger partial charge in [-0.1, -0.05) is 30.3 Å². The monoisotopic (exact) mass is 448 g/mol. The third-order valence-corrected chi connectivity index (χ3v) is 5.76. The molecule has 0 saturated carbocycles. The molecule has 0 bridgehead atoms. The van der Waals surface area contributed by atoms with Gasteiger partial charge in [0.15, 0.2) is 0 Å². The maximum absolute atomic E-state index is 13.0. The van der Waals surface area contributed by atoms with Gasteiger partial charge in [-0.25, -0.2) is 4.79 Å². The molecule has 6 heteroatoms. The zero-order valence-corrected chi connectivity index (χ0v) is 19.1. The average molecular weight is 449 g/mol. The van der Waals surface area contributed by atoms with Gasteiger partial charge in [-0.3, -0.25) is 4.90 Å². The Bertz CT molecular complexity index is 1200. The minimum atomic E-state index is -0.617. The quantitative estimate of drug-likeness (QED) is 0.435. The summed E-state index contributed by atoms with van der Waals surface area (Å²) in [6.07, 6.45) is -0.420. The lowest BCUT2D eigenvalue weighted by molar-refractivity contribution is 0.0582. The Hall–Kier alpha value is -3.23. The molecule has 1 heterocycles. The van der Waals surface area contributed by atoms with Gasteiger partial charge in [0, 0.05) is 29.8 Å². The number of hydrogen-bond donors (Lipinski definition) is 0. The van der Waals surface area contributed by atoms with Crippen LogP contribution in [-0.2, 0) is 11.3 Å². The normalized spacial score (nSPS) is 15.3. The molecule has 0 unspecified atom stereocenters. The second-order valence-electron chi connectivity index (χ2n) is 8.90. The number of hydrogen-bond acceptors (Lipinski definition) is 4. The van der Waals surface area contributed by atoms with Crippen LogP contribution in [0.1, 0.15) is 43.4 Å². The van der Waals surface area contributed by atoms with Crippen molar-refractivity contribution in [3.63, 3.8) is 0 Å². The predicted octanol–water partition coefficient (Wildman–Crippen LogP) is 6.37. The molecule has 5 nitrogen and oxygen atoms in total. The van der Waals surface area contributed by atoms with Gasteiger partial charge in [-0.2, -0.15) is 5.26 Å². The van der Waals surface area contributed by atoms with E-state index in [1.54, 1.807) is 11.0 Å². The number of ether oxygens (including phenoxy) is 2. The van der Waals surface area contributed by atoms with E-state index in [1.807, 2.05) is 69.3 Å². The molecule has 4 rings (SSSR count). The third-order valence-electron chi connectivity index (χ3n) is 5.39. The van der Waals surface area contributed by atoms with Crippen LogP contribution in [0.2, 0.25) is 0 Å². The van der Waals surface area contributed by atoms with E-state index in [4.69, 9.17) is 21.1 Å². The number of nitriles is 1. The highest BCUT2D eigenvalue weighted by Crippen LogP contribution is 2.46. The summed E-state index contributed by atoms with van der Waals surface area (Å²) in [6.45, 7) is 6.33. The number of anilines is 1. The maximum atomic E-state index is 13.0. The lowest BCUT2D eigenvalue weighted by atomic mass is 9.94. The molecule has 1 aliphatic heterocycles. The SMILES string of the molecule is CC(C)(C)OC(=O)N1C[C@@H](CCl)c2c1cc(OCc1ccccc1)c1ccc(C#N)cc21. The van der Waals surface area contributed by atoms with Crippen molar-refractivity contribution >= 4 is 34.2 Å². The van der Waals surface area contributed by atoms with E-state index in [0.717, 1.165) is 27.6 Å². The van der Waals surface area contributed by atoms with Crippen molar-refractivity contribution in [2.24, 2.45) is 0 Å². The fourth-order valence-corrected chi connectivity index (χ4v) is 4.25. The first kappa shape index (κ1) is 22.0. The van der Waals surface area contributed by atoms with Crippen LogP contribution in [0.5, 0.6) is 5.75 Å². The zero-order valence-electron chi connectivity index (χ0n) is 18.4. The largest absolute Gasteiger partial charge is 0.488 e. The highest BCUT2D eigenvalue weighted by molar-refractivity contribution is 6.19. The Morgan fingerprint density at radius 2 is 1.91 bits per heavy atom. The molecule has 3 aromatic carbocycles. The molecule has 1 aliphatic rings. The predicted molar refractivity (Wildman–Crippen MR) is 126 cm³/mol. The molecule has 0 aliphatic carbocycles. The summed E-state index contributed by atoms with van der Waals surface area (Å²) in [5.74, 6) is 0.928. The first-order chi connectivity index (χ1) is 15.3. The summed E-state index contributed by atoms with van der Waals surface area (Å²) in [4.78, 5) is 14.6. The summed E-state index contributed by atoms with van der Waals surface area (Å²) < 4.78 is 11.9. The van der Waals surface area contributed by atoms with Crippen molar-refractivity contribution in [3.8, 4) is 11.8 Å². The van der Waals surface area contributed by atoms with Gasteiger partial charge in [-0.05, 0) is 55.5 Å². The molecule has 0 saturated heterocycles. The highest BCUT2D eigenvalue weighted by Gasteiger charge is 2.36. The number of alkyl halides is 1. The zero-order chi connectivity index (χ0) is 22.9. The molecule has 0 N–H and O–H groups in total. The van der Waals surface area contributed by atoms with Crippen LogP contribution in [-0.4, -0.2) is 24.1 Å². The van der Waals surface area contributed by atoms with Crippen molar-refractivity contribution in [2.75, 3.05) is 17.3 Å².